The molecular formula is C21H25N5O. The Morgan fingerprint density at radius 2 is 1.93 bits per heavy atom. The summed E-state index contributed by atoms with van der Waals surface area (Å²) in [4.78, 5) is 11.3. The highest BCUT2D eigenvalue weighted by molar-refractivity contribution is 5.60. The van der Waals surface area contributed by atoms with Gasteiger partial charge in [-0.15, -0.1) is 0 Å². The maximum Gasteiger partial charge on any atom is 0.229 e. The van der Waals surface area contributed by atoms with Crippen LogP contribution in [0.4, 0.5) is 23.1 Å². The average molecular weight is 363 g/mol. The number of nitrogens with zero attached hydrogens (tertiary/aromatic N) is 3. The third-order valence-corrected chi connectivity index (χ3v) is 4.95. The first-order valence-corrected chi connectivity index (χ1v) is 9.47. The van der Waals surface area contributed by atoms with E-state index in [0.29, 0.717) is 12.5 Å². The Balaban J connectivity index is 1.36. The molecule has 3 aromatic rings. The second-order valence-corrected chi connectivity index (χ2v) is 7.04. The van der Waals surface area contributed by atoms with E-state index in [-0.39, 0.29) is 0 Å². The van der Waals surface area contributed by atoms with Gasteiger partial charge in [-0.25, -0.2) is 4.98 Å². The van der Waals surface area contributed by atoms with Crippen LogP contribution in [0.1, 0.15) is 25.5 Å². The lowest BCUT2D eigenvalue weighted by molar-refractivity contribution is 0.438. The van der Waals surface area contributed by atoms with Crippen molar-refractivity contribution in [1.82, 2.24) is 9.97 Å². The molecule has 2 aromatic heterocycles. The fraction of sp³-hybridized carbons (Fsp3) is 0.333. The summed E-state index contributed by atoms with van der Waals surface area (Å²) in [5.41, 5.74) is 2.26. The largest absolute Gasteiger partial charge is 0.467 e. The number of piperidine rings is 1. The minimum absolute atomic E-state index is 0.569. The van der Waals surface area contributed by atoms with Crippen LogP contribution in [-0.2, 0) is 6.54 Å². The smallest absolute Gasteiger partial charge is 0.229 e. The minimum Gasteiger partial charge on any atom is -0.467 e. The summed E-state index contributed by atoms with van der Waals surface area (Å²) in [6, 6.07) is 14.1. The molecule has 0 unspecified atom stereocenters. The molecule has 1 aromatic carbocycles. The average Bonchev–Trinajstić information content (AvgIpc) is 3.22. The molecule has 1 aliphatic rings. The molecule has 0 amide bonds. The molecule has 6 heteroatoms. The van der Waals surface area contributed by atoms with E-state index in [1.165, 1.54) is 18.5 Å². The standard InChI is InChI=1S/C21H25N5O/c1-16-9-12-26(13-10-16)18-6-4-17(5-7-18)24-21-22-11-8-20(25-21)23-15-19-3-2-14-27-19/h2-8,11,14,16H,9-10,12-13,15H2,1H3,(H2,22,23,24,25). The van der Waals surface area contributed by atoms with Gasteiger partial charge in [0, 0.05) is 30.7 Å². The number of benzene rings is 1. The van der Waals surface area contributed by atoms with Gasteiger partial charge in [0.15, 0.2) is 0 Å². The molecule has 0 radical (unpaired) electrons. The van der Waals surface area contributed by atoms with Crippen LogP contribution in [-0.4, -0.2) is 23.1 Å². The quantitative estimate of drug-likeness (QED) is 0.664. The summed E-state index contributed by atoms with van der Waals surface area (Å²) in [7, 11) is 0. The number of aromatic nitrogens is 2. The van der Waals surface area contributed by atoms with Crippen LogP contribution >= 0.6 is 0 Å². The lowest BCUT2D eigenvalue weighted by atomic mass is 9.99. The number of furan rings is 1. The molecule has 0 bridgehead atoms. The maximum absolute atomic E-state index is 5.32. The van der Waals surface area contributed by atoms with Crippen molar-refractivity contribution in [2.24, 2.45) is 5.92 Å². The fourth-order valence-electron chi connectivity index (χ4n) is 3.26. The Kier molecular flexibility index (Phi) is 5.23. The van der Waals surface area contributed by atoms with Crippen molar-refractivity contribution in [3.8, 4) is 0 Å². The molecule has 4 rings (SSSR count). The van der Waals surface area contributed by atoms with Crippen molar-refractivity contribution in [2.45, 2.75) is 26.3 Å². The van der Waals surface area contributed by atoms with E-state index >= 15 is 0 Å². The predicted octanol–water partition coefficient (Wildman–Crippen LogP) is 4.66. The lowest BCUT2D eigenvalue weighted by Crippen LogP contribution is -2.32. The van der Waals surface area contributed by atoms with Crippen LogP contribution < -0.4 is 15.5 Å². The van der Waals surface area contributed by atoms with Gasteiger partial charge in [0.1, 0.15) is 11.6 Å². The molecule has 1 saturated heterocycles. The van der Waals surface area contributed by atoms with Gasteiger partial charge in [0.05, 0.1) is 12.8 Å². The summed E-state index contributed by atoms with van der Waals surface area (Å²) < 4.78 is 5.32. The predicted molar refractivity (Wildman–Crippen MR) is 108 cm³/mol. The van der Waals surface area contributed by atoms with Gasteiger partial charge in [0.2, 0.25) is 5.95 Å². The molecular weight excluding hydrogens is 338 g/mol. The normalized spacial score (nSPS) is 14.9. The summed E-state index contributed by atoms with van der Waals surface area (Å²) in [5.74, 6) is 3.03. The number of hydrogen-bond acceptors (Lipinski definition) is 6. The van der Waals surface area contributed by atoms with E-state index in [2.05, 4.69) is 56.7 Å². The van der Waals surface area contributed by atoms with E-state index in [1.807, 2.05) is 18.2 Å². The van der Waals surface area contributed by atoms with Crippen molar-refractivity contribution in [3.05, 3.63) is 60.7 Å². The van der Waals surface area contributed by atoms with Crippen molar-refractivity contribution < 1.29 is 4.42 Å². The van der Waals surface area contributed by atoms with Crippen LogP contribution in [0, 0.1) is 5.92 Å². The molecule has 0 spiro atoms. The van der Waals surface area contributed by atoms with Gasteiger partial charge in [-0.2, -0.15) is 4.98 Å². The highest BCUT2D eigenvalue weighted by Crippen LogP contribution is 2.25. The van der Waals surface area contributed by atoms with Gasteiger partial charge in [0.25, 0.3) is 0 Å². The zero-order valence-corrected chi connectivity index (χ0v) is 15.6. The first-order chi connectivity index (χ1) is 13.3. The molecule has 1 fully saturated rings. The monoisotopic (exact) mass is 363 g/mol. The number of rotatable bonds is 6. The second kappa shape index (κ2) is 8.12. The van der Waals surface area contributed by atoms with Crippen molar-refractivity contribution in [3.63, 3.8) is 0 Å². The Morgan fingerprint density at radius 3 is 2.67 bits per heavy atom. The highest BCUT2D eigenvalue weighted by Gasteiger charge is 2.15. The van der Waals surface area contributed by atoms with Crippen molar-refractivity contribution >= 4 is 23.1 Å². The van der Waals surface area contributed by atoms with Gasteiger partial charge in [-0.3, -0.25) is 0 Å². The number of anilines is 4. The topological polar surface area (TPSA) is 66.2 Å². The fourth-order valence-corrected chi connectivity index (χ4v) is 3.26. The van der Waals surface area contributed by atoms with E-state index < -0.39 is 0 Å². The zero-order chi connectivity index (χ0) is 18.5. The highest BCUT2D eigenvalue weighted by atomic mass is 16.3. The molecule has 0 atom stereocenters. The molecule has 3 heterocycles. The first-order valence-electron chi connectivity index (χ1n) is 9.47. The van der Waals surface area contributed by atoms with Gasteiger partial charge in [-0.1, -0.05) is 6.92 Å². The lowest BCUT2D eigenvalue weighted by Gasteiger charge is -2.32. The van der Waals surface area contributed by atoms with E-state index in [0.717, 1.165) is 36.3 Å². The van der Waals surface area contributed by atoms with Crippen LogP contribution in [0.25, 0.3) is 0 Å². The zero-order valence-electron chi connectivity index (χ0n) is 15.6. The van der Waals surface area contributed by atoms with Crippen molar-refractivity contribution in [2.75, 3.05) is 28.6 Å². The van der Waals surface area contributed by atoms with Gasteiger partial charge in [-0.05, 0) is 61.2 Å². The summed E-state index contributed by atoms with van der Waals surface area (Å²) in [6.45, 7) is 5.20. The first kappa shape index (κ1) is 17.4. The third kappa shape index (κ3) is 4.58. The Hall–Kier alpha value is -3.02. The van der Waals surface area contributed by atoms with E-state index in [4.69, 9.17) is 4.42 Å². The van der Waals surface area contributed by atoms with Crippen LogP contribution in [0.2, 0.25) is 0 Å². The Labute approximate surface area is 159 Å². The molecule has 140 valence electrons. The third-order valence-electron chi connectivity index (χ3n) is 4.95. The molecule has 0 aliphatic carbocycles. The molecule has 2 N–H and O–H groups in total. The molecule has 1 aliphatic heterocycles. The van der Waals surface area contributed by atoms with E-state index in [9.17, 15) is 0 Å². The Bertz CT molecular complexity index is 839. The summed E-state index contributed by atoms with van der Waals surface area (Å²) >= 11 is 0. The Morgan fingerprint density at radius 1 is 1.11 bits per heavy atom. The second-order valence-electron chi connectivity index (χ2n) is 7.04. The molecule has 27 heavy (non-hydrogen) atoms. The number of nitrogens with one attached hydrogen (secondary N) is 2. The SMILES string of the molecule is CC1CCN(c2ccc(Nc3nccc(NCc4ccco4)n3)cc2)CC1. The number of hydrogen-bond donors (Lipinski definition) is 2. The summed E-state index contributed by atoms with van der Waals surface area (Å²) in [6.07, 6.45) is 5.94. The van der Waals surface area contributed by atoms with Crippen LogP contribution in [0.5, 0.6) is 0 Å². The van der Waals surface area contributed by atoms with E-state index in [1.54, 1.807) is 12.5 Å². The van der Waals surface area contributed by atoms with Gasteiger partial charge >= 0.3 is 0 Å². The van der Waals surface area contributed by atoms with Crippen LogP contribution in [0.3, 0.4) is 0 Å². The maximum atomic E-state index is 5.32. The van der Waals surface area contributed by atoms with Crippen LogP contribution in [0.15, 0.2) is 59.3 Å². The van der Waals surface area contributed by atoms with Crippen molar-refractivity contribution in [1.29, 1.82) is 0 Å². The molecule has 6 nitrogen and oxygen atoms in total. The van der Waals surface area contributed by atoms with Gasteiger partial charge < -0.3 is 20.0 Å². The summed E-state index contributed by atoms with van der Waals surface area (Å²) in [5, 5.41) is 6.51. The molecule has 0 saturated carbocycles. The minimum atomic E-state index is 0.569.